The summed E-state index contributed by atoms with van der Waals surface area (Å²) in [6.45, 7) is 12.2. The summed E-state index contributed by atoms with van der Waals surface area (Å²) >= 11 is 0. The molecule has 2 heteroatoms. The average Bonchev–Trinajstić information content (AvgIpc) is 3.00. The maximum absolute atomic E-state index is 13.2. The van der Waals surface area contributed by atoms with Gasteiger partial charge in [-0.2, -0.15) is 0 Å². The van der Waals surface area contributed by atoms with Crippen molar-refractivity contribution in [1.29, 1.82) is 0 Å². The van der Waals surface area contributed by atoms with Crippen molar-refractivity contribution in [3.63, 3.8) is 0 Å². The van der Waals surface area contributed by atoms with Crippen LogP contribution in [0.15, 0.2) is 0 Å². The third-order valence-electron chi connectivity index (χ3n) is 10.6. The molecule has 0 heterocycles. The normalized spacial score (nSPS) is 48.2. The zero-order chi connectivity index (χ0) is 21.0. The summed E-state index contributed by atoms with van der Waals surface area (Å²) in [6.07, 6.45) is 12.8. The molecule has 166 valence electrons. The summed E-state index contributed by atoms with van der Waals surface area (Å²) in [5, 5.41) is 10.2. The van der Waals surface area contributed by atoms with Crippen LogP contribution in [0.2, 0.25) is 0 Å². The molecular weight excluding hydrogens is 356 g/mol. The topological polar surface area (TPSA) is 37.3 Å². The Bertz CT molecular complexity index is 612. The van der Waals surface area contributed by atoms with Crippen LogP contribution >= 0.6 is 0 Å². The number of aliphatic hydroxyl groups excluding tert-OH is 1. The minimum Gasteiger partial charge on any atom is -0.393 e. The summed E-state index contributed by atoms with van der Waals surface area (Å²) < 4.78 is 0. The van der Waals surface area contributed by atoms with E-state index in [1.807, 2.05) is 0 Å². The van der Waals surface area contributed by atoms with E-state index in [2.05, 4.69) is 34.6 Å². The minimum atomic E-state index is -0.245. The van der Waals surface area contributed by atoms with Gasteiger partial charge >= 0.3 is 0 Å². The predicted octanol–water partition coefficient (Wildman–Crippen LogP) is 6.65. The molecule has 2 nitrogen and oxygen atoms in total. The highest BCUT2D eigenvalue weighted by molar-refractivity contribution is 5.83. The van der Waals surface area contributed by atoms with Crippen LogP contribution in [-0.2, 0) is 4.79 Å². The van der Waals surface area contributed by atoms with Crippen molar-refractivity contribution in [3.05, 3.63) is 0 Å². The molecule has 9 atom stereocenters. The maximum atomic E-state index is 13.2. The molecule has 0 spiro atoms. The summed E-state index contributed by atoms with van der Waals surface area (Å²) in [5.41, 5.74) is 0.609. The Morgan fingerprint density at radius 3 is 2.38 bits per heavy atom. The quantitative estimate of drug-likeness (QED) is 0.559. The van der Waals surface area contributed by atoms with E-state index in [4.69, 9.17) is 0 Å². The average molecular weight is 403 g/mol. The third kappa shape index (κ3) is 3.64. The van der Waals surface area contributed by atoms with Crippen LogP contribution in [0.5, 0.6) is 0 Å². The number of fused-ring (bicyclic) bond motifs is 5. The number of rotatable bonds is 5. The number of hydrogen-bond acceptors (Lipinski definition) is 2. The van der Waals surface area contributed by atoms with Crippen LogP contribution in [0.3, 0.4) is 0 Å². The molecule has 4 aliphatic rings. The lowest BCUT2D eigenvalue weighted by Gasteiger charge is -2.60. The van der Waals surface area contributed by atoms with Gasteiger partial charge in [0, 0.05) is 12.3 Å². The van der Waals surface area contributed by atoms with E-state index in [1.54, 1.807) is 0 Å². The lowest BCUT2D eigenvalue weighted by Crippen LogP contribution is -2.57. The van der Waals surface area contributed by atoms with Gasteiger partial charge in [-0.3, -0.25) is 4.79 Å². The lowest BCUT2D eigenvalue weighted by atomic mass is 9.44. The highest BCUT2D eigenvalue weighted by Gasteiger charge is 2.62. The smallest absolute Gasteiger partial charge is 0.136 e. The van der Waals surface area contributed by atoms with Gasteiger partial charge in [-0.1, -0.05) is 53.9 Å². The highest BCUT2D eigenvalue weighted by Crippen LogP contribution is 2.67. The first-order valence-electron chi connectivity index (χ1n) is 12.9. The molecule has 4 aliphatic carbocycles. The third-order valence-corrected chi connectivity index (χ3v) is 10.6. The lowest BCUT2D eigenvalue weighted by molar-refractivity contribution is -0.160. The summed E-state index contributed by atoms with van der Waals surface area (Å²) in [5.74, 6) is 5.21. The van der Waals surface area contributed by atoms with Crippen molar-refractivity contribution in [3.8, 4) is 0 Å². The second kappa shape index (κ2) is 7.95. The zero-order valence-electron chi connectivity index (χ0n) is 19.8. The van der Waals surface area contributed by atoms with Gasteiger partial charge in [0.2, 0.25) is 0 Å². The molecule has 1 N–H and O–H groups in total. The fourth-order valence-corrected chi connectivity index (χ4v) is 9.04. The van der Waals surface area contributed by atoms with E-state index in [0.717, 1.165) is 49.4 Å². The number of ketones is 1. The van der Waals surface area contributed by atoms with Crippen LogP contribution in [0, 0.1) is 52.3 Å². The van der Waals surface area contributed by atoms with Crippen molar-refractivity contribution >= 4 is 5.78 Å². The van der Waals surface area contributed by atoms with E-state index in [0.29, 0.717) is 23.0 Å². The Balaban J connectivity index is 1.50. The van der Waals surface area contributed by atoms with Crippen LogP contribution in [0.1, 0.15) is 105 Å². The molecule has 0 radical (unpaired) electrons. The van der Waals surface area contributed by atoms with Crippen molar-refractivity contribution in [1.82, 2.24) is 0 Å². The van der Waals surface area contributed by atoms with Gasteiger partial charge in [0.25, 0.3) is 0 Å². The van der Waals surface area contributed by atoms with E-state index in [9.17, 15) is 9.90 Å². The second-order valence-corrected chi connectivity index (χ2v) is 12.6. The van der Waals surface area contributed by atoms with Gasteiger partial charge in [0.15, 0.2) is 0 Å². The van der Waals surface area contributed by atoms with Crippen LogP contribution in [-0.4, -0.2) is 17.0 Å². The van der Waals surface area contributed by atoms with Gasteiger partial charge in [-0.15, -0.1) is 0 Å². The molecule has 0 aliphatic heterocycles. The maximum Gasteiger partial charge on any atom is 0.136 e. The fraction of sp³-hybridized carbons (Fsp3) is 0.963. The highest BCUT2D eigenvalue weighted by atomic mass is 16.3. The summed E-state index contributed by atoms with van der Waals surface area (Å²) in [7, 11) is 0. The Morgan fingerprint density at radius 2 is 1.66 bits per heavy atom. The fourth-order valence-electron chi connectivity index (χ4n) is 9.04. The predicted molar refractivity (Wildman–Crippen MR) is 119 cm³/mol. The number of aliphatic hydroxyl groups is 1. The number of hydrogen-bond donors (Lipinski definition) is 1. The summed E-state index contributed by atoms with van der Waals surface area (Å²) in [6, 6.07) is 0. The molecule has 4 rings (SSSR count). The molecule has 0 unspecified atom stereocenters. The van der Waals surface area contributed by atoms with Crippen LogP contribution in [0.25, 0.3) is 0 Å². The number of carbonyl (C=O) groups is 1. The van der Waals surface area contributed by atoms with Crippen molar-refractivity contribution in [2.75, 3.05) is 0 Å². The van der Waals surface area contributed by atoms with Crippen LogP contribution in [0.4, 0.5) is 0 Å². The van der Waals surface area contributed by atoms with E-state index in [-0.39, 0.29) is 17.4 Å². The van der Waals surface area contributed by atoms with Crippen molar-refractivity contribution < 1.29 is 9.90 Å². The molecule has 0 aromatic heterocycles. The van der Waals surface area contributed by atoms with Gasteiger partial charge in [-0.05, 0) is 91.3 Å². The molecule has 4 fully saturated rings. The molecule has 0 aromatic carbocycles. The Kier molecular flexibility index (Phi) is 5.99. The Labute approximate surface area is 179 Å². The molecule has 29 heavy (non-hydrogen) atoms. The standard InChI is InChI=1S/C27H46O2/c1-17(2)7-6-8-18(3)21-9-10-22-20-16-25(29)24-15-19(28)11-13-27(24,5)23(20)12-14-26(21,22)4/h17-24,28H,6-16H2,1-5H3/t18-,19+,20+,21-,22+,23+,24-,26-,27-/m0/s1. The Morgan fingerprint density at radius 1 is 0.966 bits per heavy atom. The van der Waals surface area contributed by atoms with Gasteiger partial charge in [-0.25, -0.2) is 0 Å². The van der Waals surface area contributed by atoms with Crippen LogP contribution < -0.4 is 0 Å². The first kappa shape index (κ1) is 21.8. The van der Waals surface area contributed by atoms with E-state index < -0.39 is 0 Å². The van der Waals surface area contributed by atoms with Crippen molar-refractivity contribution in [2.24, 2.45) is 52.3 Å². The van der Waals surface area contributed by atoms with Crippen molar-refractivity contribution in [2.45, 2.75) is 111 Å². The van der Waals surface area contributed by atoms with Gasteiger partial charge in [0.05, 0.1) is 6.10 Å². The minimum absolute atomic E-state index is 0.129. The van der Waals surface area contributed by atoms with E-state index in [1.165, 1.54) is 44.9 Å². The second-order valence-electron chi connectivity index (χ2n) is 12.6. The number of carbonyl (C=O) groups excluding carboxylic acids is 1. The summed E-state index contributed by atoms with van der Waals surface area (Å²) in [4.78, 5) is 13.2. The van der Waals surface area contributed by atoms with Gasteiger partial charge in [0.1, 0.15) is 5.78 Å². The monoisotopic (exact) mass is 402 g/mol. The number of Topliss-reactive ketones (excluding diaryl/α,β-unsaturated/α-hetero) is 1. The zero-order valence-corrected chi connectivity index (χ0v) is 19.8. The Hall–Kier alpha value is -0.370. The molecule has 0 amide bonds. The van der Waals surface area contributed by atoms with E-state index >= 15 is 0 Å². The molecule has 0 bridgehead atoms. The molecular formula is C27H46O2. The SMILES string of the molecule is CC(C)CCC[C@H](C)[C@@H]1CC[C@@H]2[C@H]3CC(=O)[C@@H]4C[C@H](O)CC[C@@]4(C)[C@@H]3CC[C@]21C. The first-order valence-corrected chi connectivity index (χ1v) is 12.9. The molecule has 4 saturated carbocycles. The largest absolute Gasteiger partial charge is 0.393 e. The molecule has 0 aromatic rings. The van der Waals surface area contributed by atoms with Gasteiger partial charge < -0.3 is 5.11 Å². The first-order chi connectivity index (χ1) is 13.7. The molecule has 0 saturated heterocycles.